The van der Waals surface area contributed by atoms with Crippen molar-refractivity contribution < 1.29 is 14.6 Å². The van der Waals surface area contributed by atoms with Crippen LogP contribution in [0.25, 0.3) is 0 Å². The van der Waals surface area contributed by atoms with E-state index in [1.165, 1.54) is 18.4 Å². The fourth-order valence-electron chi connectivity index (χ4n) is 4.09. The number of aliphatic hydroxyl groups excluding tert-OH is 1. The van der Waals surface area contributed by atoms with E-state index in [9.17, 15) is 9.90 Å². The maximum Gasteiger partial charge on any atom is 0.308 e. The minimum absolute atomic E-state index is 0.0917. The predicted molar refractivity (Wildman–Crippen MR) is 93.9 cm³/mol. The summed E-state index contributed by atoms with van der Waals surface area (Å²) >= 11 is 0. The van der Waals surface area contributed by atoms with Crippen LogP contribution in [0, 0.1) is 12.8 Å². The topological polar surface area (TPSA) is 61.8 Å². The molecule has 0 unspecified atom stereocenters. The molecule has 0 radical (unpaired) electrons. The summed E-state index contributed by atoms with van der Waals surface area (Å²) in [5.74, 6) is -0.342. The number of benzene rings is 1. The summed E-state index contributed by atoms with van der Waals surface area (Å²) in [7, 11) is 1.42. The number of aryl methyl sites for hydroxylation is 1. The Morgan fingerprint density at radius 2 is 2.04 bits per heavy atom. The first-order chi connectivity index (χ1) is 11.6. The Balaban J connectivity index is 1.51. The lowest BCUT2D eigenvalue weighted by Crippen LogP contribution is -2.47. The van der Waals surface area contributed by atoms with E-state index in [-0.39, 0.29) is 17.9 Å². The molecule has 2 fully saturated rings. The van der Waals surface area contributed by atoms with Gasteiger partial charge in [-0.05, 0) is 50.3 Å². The molecule has 1 aromatic carbocycles. The number of carbonyl (C=O) groups is 1. The summed E-state index contributed by atoms with van der Waals surface area (Å²) in [5.41, 5.74) is 2.44. The van der Waals surface area contributed by atoms with Crippen LogP contribution in [0.3, 0.4) is 0 Å². The van der Waals surface area contributed by atoms with Crippen molar-refractivity contribution in [1.29, 1.82) is 0 Å². The molecule has 0 bridgehead atoms. The van der Waals surface area contributed by atoms with E-state index in [1.54, 1.807) is 0 Å². The molecule has 2 N–H and O–H groups in total. The molecule has 5 heteroatoms. The van der Waals surface area contributed by atoms with Crippen molar-refractivity contribution in [3.05, 3.63) is 29.8 Å². The number of methoxy groups -OCH3 is 1. The second-order valence-corrected chi connectivity index (χ2v) is 7.15. The number of hydrogen-bond donors (Lipinski definition) is 2. The molecule has 1 saturated heterocycles. The SMILES string of the molecule is COC(=O)[C@@H]1C[C@@H](O)[C@@H](N2CCC(Nc3cccc(C)c3)CC2)C1. The van der Waals surface area contributed by atoms with Gasteiger partial charge >= 0.3 is 5.97 Å². The van der Waals surface area contributed by atoms with Crippen molar-refractivity contribution in [1.82, 2.24) is 4.90 Å². The molecule has 24 heavy (non-hydrogen) atoms. The van der Waals surface area contributed by atoms with Gasteiger partial charge in [0.15, 0.2) is 0 Å². The summed E-state index contributed by atoms with van der Waals surface area (Å²) in [6.07, 6.45) is 2.93. The maximum atomic E-state index is 11.7. The average Bonchev–Trinajstić information content (AvgIpc) is 2.97. The number of nitrogens with one attached hydrogen (secondary N) is 1. The van der Waals surface area contributed by atoms with E-state index in [1.807, 2.05) is 0 Å². The Morgan fingerprint density at radius 1 is 1.29 bits per heavy atom. The van der Waals surface area contributed by atoms with Crippen LogP contribution in [-0.4, -0.2) is 54.4 Å². The zero-order chi connectivity index (χ0) is 17.1. The first kappa shape index (κ1) is 17.2. The highest BCUT2D eigenvalue weighted by atomic mass is 16.5. The lowest BCUT2D eigenvalue weighted by atomic mass is 10.0. The zero-order valence-corrected chi connectivity index (χ0v) is 14.6. The summed E-state index contributed by atoms with van der Waals surface area (Å²) < 4.78 is 4.83. The largest absolute Gasteiger partial charge is 0.469 e. The van der Waals surface area contributed by atoms with E-state index in [2.05, 4.69) is 41.4 Å². The van der Waals surface area contributed by atoms with E-state index in [4.69, 9.17) is 4.74 Å². The van der Waals surface area contributed by atoms with Crippen LogP contribution in [0.4, 0.5) is 5.69 Å². The number of esters is 1. The van der Waals surface area contributed by atoms with Gasteiger partial charge < -0.3 is 15.2 Å². The standard InChI is InChI=1S/C19H28N2O3/c1-13-4-3-5-16(10-13)20-15-6-8-21(9-7-15)17-11-14(12-18(17)22)19(23)24-2/h3-5,10,14-15,17-18,20,22H,6-9,11-12H2,1-2H3/t14-,17-,18+/m0/s1. The molecule has 2 aliphatic rings. The molecule has 3 rings (SSSR count). The van der Waals surface area contributed by atoms with Crippen LogP contribution in [0.2, 0.25) is 0 Å². The van der Waals surface area contributed by atoms with Crippen molar-refractivity contribution in [2.45, 2.75) is 50.8 Å². The van der Waals surface area contributed by atoms with Crippen LogP contribution >= 0.6 is 0 Å². The number of aliphatic hydroxyl groups is 1. The predicted octanol–water partition coefficient (Wildman–Crippen LogP) is 2.18. The molecular formula is C19H28N2O3. The first-order valence-electron chi connectivity index (χ1n) is 8.90. The number of piperidine rings is 1. The third kappa shape index (κ3) is 3.90. The molecule has 5 nitrogen and oxygen atoms in total. The molecule has 3 atom stereocenters. The van der Waals surface area contributed by atoms with Gasteiger partial charge in [0.05, 0.1) is 19.1 Å². The minimum Gasteiger partial charge on any atom is -0.469 e. The van der Waals surface area contributed by atoms with Crippen LogP contribution in [0.5, 0.6) is 0 Å². The number of ether oxygens (including phenoxy) is 1. The Hall–Kier alpha value is -1.59. The molecule has 0 aromatic heterocycles. The van der Waals surface area contributed by atoms with Gasteiger partial charge in [0, 0.05) is 30.9 Å². The monoisotopic (exact) mass is 332 g/mol. The number of hydrogen-bond acceptors (Lipinski definition) is 5. The smallest absolute Gasteiger partial charge is 0.308 e. The molecule has 0 amide bonds. The van der Waals surface area contributed by atoms with Crippen molar-refractivity contribution >= 4 is 11.7 Å². The Kier molecular flexibility index (Phi) is 5.41. The second-order valence-electron chi connectivity index (χ2n) is 7.15. The third-order valence-electron chi connectivity index (χ3n) is 5.42. The highest BCUT2D eigenvalue weighted by molar-refractivity contribution is 5.72. The van der Waals surface area contributed by atoms with Crippen LogP contribution < -0.4 is 5.32 Å². The van der Waals surface area contributed by atoms with Gasteiger partial charge in [-0.2, -0.15) is 0 Å². The molecule has 1 saturated carbocycles. The van der Waals surface area contributed by atoms with E-state index < -0.39 is 6.10 Å². The van der Waals surface area contributed by atoms with Crippen molar-refractivity contribution in [3.8, 4) is 0 Å². The summed E-state index contributed by atoms with van der Waals surface area (Å²) in [5, 5.41) is 13.9. The summed E-state index contributed by atoms with van der Waals surface area (Å²) in [4.78, 5) is 14.1. The Bertz CT molecular complexity index is 569. The van der Waals surface area contributed by atoms with Gasteiger partial charge in [-0.3, -0.25) is 9.69 Å². The van der Waals surface area contributed by atoms with Crippen LogP contribution in [0.15, 0.2) is 24.3 Å². The number of anilines is 1. The van der Waals surface area contributed by atoms with Crippen LogP contribution in [0.1, 0.15) is 31.2 Å². The number of carbonyl (C=O) groups excluding carboxylic acids is 1. The number of likely N-dealkylation sites (tertiary alicyclic amines) is 1. The molecule has 0 spiro atoms. The van der Waals surface area contributed by atoms with Gasteiger partial charge in [-0.25, -0.2) is 0 Å². The number of rotatable bonds is 4. The van der Waals surface area contributed by atoms with E-state index in [0.29, 0.717) is 18.9 Å². The van der Waals surface area contributed by atoms with Gasteiger partial charge in [0.2, 0.25) is 0 Å². The number of nitrogens with zero attached hydrogens (tertiary/aromatic N) is 1. The lowest BCUT2D eigenvalue weighted by Gasteiger charge is -2.37. The average molecular weight is 332 g/mol. The highest BCUT2D eigenvalue weighted by Crippen LogP contribution is 2.32. The molecule has 132 valence electrons. The fourth-order valence-corrected chi connectivity index (χ4v) is 4.09. The normalized spacial score (nSPS) is 28.7. The molecule has 1 aromatic rings. The van der Waals surface area contributed by atoms with E-state index >= 15 is 0 Å². The minimum atomic E-state index is -0.421. The maximum absolute atomic E-state index is 11.7. The molecule has 1 aliphatic heterocycles. The van der Waals surface area contributed by atoms with Crippen molar-refractivity contribution in [2.75, 3.05) is 25.5 Å². The fraction of sp³-hybridized carbons (Fsp3) is 0.632. The highest BCUT2D eigenvalue weighted by Gasteiger charge is 2.41. The van der Waals surface area contributed by atoms with Crippen molar-refractivity contribution in [2.24, 2.45) is 5.92 Å². The molecular weight excluding hydrogens is 304 g/mol. The zero-order valence-electron chi connectivity index (χ0n) is 14.6. The second kappa shape index (κ2) is 7.53. The molecule has 1 heterocycles. The van der Waals surface area contributed by atoms with E-state index in [0.717, 1.165) is 25.9 Å². The van der Waals surface area contributed by atoms with Gasteiger partial charge in [-0.1, -0.05) is 12.1 Å². The van der Waals surface area contributed by atoms with Crippen LogP contribution in [-0.2, 0) is 9.53 Å². The van der Waals surface area contributed by atoms with Gasteiger partial charge in [0.1, 0.15) is 0 Å². The van der Waals surface area contributed by atoms with Gasteiger partial charge in [0.25, 0.3) is 0 Å². The molecule has 1 aliphatic carbocycles. The third-order valence-corrected chi connectivity index (χ3v) is 5.42. The van der Waals surface area contributed by atoms with Gasteiger partial charge in [-0.15, -0.1) is 0 Å². The summed E-state index contributed by atoms with van der Waals surface area (Å²) in [6, 6.07) is 9.03. The lowest BCUT2D eigenvalue weighted by molar-refractivity contribution is -0.145. The quantitative estimate of drug-likeness (QED) is 0.828. The Labute approximate surface area is 144 Å². The Morgan fingerprint density at radius 3 is 2.71 bits per heavy atom. The van der Waals surface area contributed by atoms with Crippen molar-refractivity contribution in [3.63, 3.8) is 0 Å². The first-order valence-corrected chi connectivity index (χ1v) is 8.90. The summed E-state index contributed by atoms with van der Waals surface area (Å²) in [6.45, 7) is 4.02.